The van der Waals surface area contributed by atoms with Crippen molar-refractivity contribution in [1.82, 2.24) is 15.1 Å². The molecule has 1 N–H and O–H groups in total. The molecule has 40 heavy (non-hydrogen) atoms. The molecule has 206 valence electrons. The molecule has 0 aromatic heterocycles. The van der Waals surface area contributed by atoms with E-state index in [1.165, 1.54) is 16.0 Å². The van der Waals surface area contributed by atoms with Gasteiger partial charge in [-0.2, -0.15) is 0 Å². The average molecular weight is 544 g/mol. The number of fused-ring (bicyclic) bond motifs is 1. The third-order valence-electron chi connectivity index (χ3n) is 8.60. The van der Waals surface area contributed by atoms with Crippen LogP contribution in [-0.2, 0) is 16.1 Å². The van der Waals surface area contributed by atoms with Crippen LogP contribution in [0.25, 0.3) is 0 Å². The summed E-state index contributed by atoms with van der Waals surface area (Å²) in [5, 5.41) is 2.24. The van der Waals surface area contributed by atoms with Crippen molar-refractivity contribution in [3.8, 4) is 0 Å². The highest BCUT2D eigenvalue weighted by molar-refractivity contribution is 6.05. The average Bonchev–Trinajstić information content (AvgIpc) is 3.29. The summed E-state index contributed by atoms with van der Waals surface area (Å²) >= 11 is 0. The van der Waals surface area contributed by atoms with Gasteiger partial charge in [-0.3, -0.25) is 19.7 Å². The molecule has 3 heterocycles. The van der Waals surface area contributed by atoms with Gasteiger partial charge in [0.25, 0.3) is 5.91 Å². The first-order valence-corrected chi connectivity index (χ1v) is 13.9. The number of rotatable bonds is 6. The number of nitrogens with one attached hydrogen (secondary N) is 1. The Kier molecular flexibility index (Phi) is 7.19. The lowest BCUT2D eigenvalue weighted by Gasteiger charge is -2.35. The SMILES string of the molecule is O=C1CCC(N2Cc3c(cc(F)c(C4CCN(CC(c5ccccc5)c5ccccc5)CC4)c3F)C2=O)C(=O)N1. The molecule has 3 amide bonds. The van der Waals surface area contributed by atoms with Crippen molar-refractivity contribution in [1.29, 1.82) is 0 Å². The van der Waals surface area contributed by atoms with Gasteiger partial charge in [0.05, 0.1) is 12.1 Å². The van der Waals surface area contributed by atoms with Crippen molar-refractivity contribution in [3.05, 3.63) is 106 Å². The van der Waals surface area contributed by atoms with Crippen molar-refractivity contribution in [2.75, 3.05) is 19.6 Å². The van der Waals surface area contributed by atoms with Gasteiger partial charge in [0.15, 0.2) is 0 Å². The third-order valence-corrected chi connectivity index (χ3v) is 8.60. The molecule has 0 spiro atoms. The largest absolute Gasteiger partial charge is 0.322 e. The Morgan fingerprint density at radius 1 is 0.875 bits per heavy atom. The van der Waals surface area contributed by atoms with Crippen LogP contribution in [-0.4, -0.2) is 53.2 Å². The van der Waals surface area contributed by atoms with E-state index in [0.717, 1.165) is 12.6 Å². The Morgan fingerprint density at radius 2 is 1.50 bits per heavy atom. The van der Waals surface area contributed by atoms with E-state index in [4.69, 9.17) is 0 Å². The van der Waals surface area contributed by atoms with Crippen LogP contribution in [0, 0.1) is 11.6 Å². The molecule has 3 aliphatic rings. The second kappa shape index (κ2) is 10.9. The molecule has 0 radical (unpaired) electrons. The highest BCUT2D eigenvalue weighted by atomic mass is 19.1. The summed E-state index contributed by atoms with van der Waals surface area (Å²) in [4.78, 5) is 40.5. The molecule has 6 nitrogen and oxygen atoms in total. The summed E-state index contributed by atoms with van der Waals surface area (Å²) in [6, 6.07) is 21.0. The smallest absolute Gasteiger partial charge is 0.255 e. The molecule has 6 rings (SSSR count). The summed E-state index contributed by atoms with van der Waals surface area (Å²) in [5.74, 6) is -3.03. The Balaban J connectivity index is 1.17. The fourth-order valence-electron chi connectivity index (χ4n) is 6.46. The first-order valence-electron chi connectivity index (χ1n) is 13.9. The minimum atomic E-state index is -0.867. The summed E-state index contributed by atoms with van der Waals surface area (Å²) in [6.07, 6.45) is 1.49. The number of hydrogen-bond acceptors (Lipinski definition) is 4. The van der Waals surface area contributed by atoms with Crippen molar-refractivity contribution in [2.24, 2.45) is 0 Å². The lowest BCUT2D eigenvalue weighted by Crippen LogP contribution is -2.52. The number of imide groups is 1. The van der Waals surface area contributed by atoms with Gasteiger partial charge in [-0.15, -0.1) is 0 Å². The van der Waals surface area contributed by atoms with Gasteiger partial charge in [-0.25, -0.2) is 8.78 Å². The number of nitrogens with zero attached hydrogens (tertiary/aromatic N) is 2. The molecular formula is C32H31F2N3O3. The second-order valence-corrected chi connectivity index (χ2v) is 11.0. The van der Waals surface area contributed by atoms with Crippen molar-refractivity contribution in [3.63, 3.8) is 0 Å². The molecule has 3 aromatic carbocycles. The fraction of sp³-hybridized carbons (Fsp3) is 0.344. The number of carbonyl (C=O) groups excluding carboxylic acids is 3. The van der Waals surface area contributed by atoms with Gasteiger partial charge in [0, 0.05) is 30.0 Å². The minimum Gasteiger partial charge on any atom is -0.322 e. The Hall–Kier alpha value is -3.91. The van der Waals surface area contributed by atoms with Crippen LogP contribution in [0.2, 0.25) is 0 Å². The number of likely N-dealkylation sites (tertiary alicyclic amines) is 1. The van der Waals surface area contributed by atoms with Gasteiger partial charge in [0.1, 0.15) is 17.7 Å². The summed E-state index contributed by atoms with van der Waals surface area (Å²) in [6.45, 7) is 2.12. The Labute approximate surface area is 232 Å². The molecule has 0 saturated carbocycles. The molecule has 1 atom stereocenters. The number of piperidine rings is 2. The zero-order valence-corrected chi connectivity index (χ0v) is 22.1. The first-order chi connectivity index (χ1) is 19.4. The molecule has 0 aliphatic carbocycles. The van der Waals surface area contributed by atoms with Crippen molar-refractivity contribution in [2.45, 2.75) is 50.1 Å². The highest BCUT2D eigenvalue weighted by Crippen LogP contribution is 2.38. The third kappa shape index (κ3) is 4.92. The van der Waals surface area contributed by atoms with Crippen LogP contribution in [0.3, 0.4) is 0 Å². The fourth-order valence-corrected chi connectivity index (χ4v) is 6.46. The molecular weight excluding hydrogens is 512 g/mol. The molecule has 3 aromatic rings. The number of amides is 3. The predicted octanol–water partition coefficient (Wildman–Crippen LogP) is 4.74. The van der Waals surface area contributed by atoms with E-state index >= 15 is 8.78 Å². The summed E-state index contributed by atoms with van der Waals surface area (Å²) in [7, 11) is 0. The summed E-state index contributed by atoms with van der Waals surface area (Å²) in [5.41, 5.74) is 2.61. The van der Waals surface area contributed by atoms with Gasteiger partial charge in [-0.1, -0.05) is 60.7 Å². The van der Waals surface area contributed by atoms with Crippen LogP contribution in [0.4, 0.5) is 8.78 Å². The van der Waals surface area contributed by atoms with E-state index < -0.39 is 35.4 Å². The Bertz CT molecular complexity index is 1400. The molecule has 1 unspecified atom stereocenters. The standard InChI is InChI=1S/C32H31F2N3O3/c33-26-17-23-25(19-37(32(23)40)27-11-12-28(38)35-31(27)39)30(34)29(26)22-13-15-36(16-14-22)18-24(20-7-3-1-4-8-20)21-9-5-2-6-10-21/h1-10,17,22,24,27H,11-16,18-19H2,(H,35,38,39). The first kappa shape index (κ1) is 26.3. The maximum Gasteiger partial charge on any atom is 0.255 e. The minimum absolute atomic E-state index is 0.0329. The summed E-state index contributed by atoms with van der Waals surface area (Å²) < 4.78 is 31.2. The van der Waals surface area contributed by atoms with Gasteiger partial charge in [0.2, 0.25) is 11.8 Å². The van der Waals surface area contributed by atoms with Crippen LogP contribution in [0.1, 0.15) is 70.1 Å². The molecule has 8 heteroatoms. The number of hydrogen-bond donors (Lipinski definition) is 1. The maximum atomic E-state index is 15.9. The molecule has 2 fully saturated rings. The highest BCUT2D eigenvalue weighted by Gasteiger charge is 2.42. The van der Waals surface area contributed by atoms with Crippen LogP contribution < -0.4 is 5.32 Å². The van der Waals surface area contributed by atoms with Crippen molar-refractivity contribution >= 4 is 17.7 Å². The van der Waals surface area contributed by atoms with Crippen LogP contribution in [0.5, 0.6) is 0 Å². The number of carbonyl (C=O) groups is 3. The van der Waals surface area contributed by atoms with E-state index in [1.54, 1.807) is 0 Å². The molecule has 0 bridgehead atoms. The normalized spacial score (nSPS) is 20.2. The zero-order valence-electron chi connectivity index (χ0n) is 22.1. The van der Waals surface area contributed by atoms with E-state index in [-0.39, 0.29) is 47.9 Å². The lowest BCUT2D eigenvalue weighted by atomic mass is 9.85. The van der Waals surface area contributed by atoms with E-state index in [2.05, 4.69) is 34.5 Å². The zero-order chi connectivity index (χ0) is 27.8. The van der Waals surface area contributed by atoms with Gasteiger partial charge in [-0.05, 0) is 55.5 Å². The number of halogens is 2. The Morgan fingerprint density at radius 3 is 2.10 bits per heavy atom. The van der Waals surface area contributed by atoms with Crippen LogP contribution >= 0.6 is 0 Å². The lowest BCUT2D eigenvalue weighted by molar-refractivity contribution is -0.136. The van der Waals surface area contributed by atoms with E-state index in [9.17, 15) is 14.4 Å². The maximum absolute atomic E-state index is 15.9. The van der Waals surface area contributed by atoms with E-state index in [0.29, 0.717) is 25.9 Å². The van der Waals surface area contributed by atoms with Crippen molar-refractivity contribution < 1.29 is 23.2 Å². The monoisotopic (exact) mass is 543 g/mol. The van der Waals surface area contributed by atoms with E-state index in [1.807, 2.05) is 36.4 Å². The van der Waals surface area contributed by atoms with Gasteiger partial charge >= 0.3 is 0 Å². The molecule has 2 saturated heterocycles. The van der Waals surface area contributed by atoms with Gasteiger partial charge < -0.3 is 9.80 Å². The quantitative estimate of drug-likeness (QED) is 0.456. The number of benzene rings is 3. The topological polar surface area (TPSA) is 69.7 Å². The van der Waals surface area contributed by atoms with Crippen LogP contribution in [0.15, 0.2) is 66.7 Å². The predicted molar refractivity (Wildman–Crippen MR) is 146 cm³/mol. The molecule has 3 aliphatic heterocycles. The second-order valence-electron chi connectivity index (χ2n) is 11.0.